The van der Waals surface area contributed by atoms with E-state index < -0.39 is 0 Å². The minimum absolute atomic E-state index is 0.504. The van der Waals surface area contributed by atoms with E-state index in [1.54, 1.807) is 0 Å². The quantitative estimate of drug-likeness (QED) is 0.554. The molecule has 0 amide bonds. The third-order valence-electron chi connectivity index (χ3n) is 4.72. The maximum Gasteiger partial charge on any atom is 0.132 e. The molecule has 2 unspecified atom stereocenters. The number of hydrogen-bond acceptors (Lipinski definition) is 1. The van der Waals surface area contributed by atoms with Gasteiger partial charge >= 0.3 is 0 Å². The number of carbonyl (C=O) groups excluding carboxylic acids is 1. The van der Waals surface area contributed by atoms with Crippen molar-refractivity contribution < 1.29 is 4.79 Å². The molecule has 0 N–H and O–H groups in total. The maximum atomic E-state index is 11.8. The van der Waals surface area contributed by atoms with Crippen LogP contribution < -0.4 is 0 Å². The molecule has 0 aromatic carbocycles. The summed E-state index contributed by atoms with van der Waals surface area (Å²) in [7, 11) is 0. The fourth-order valence-corrected chi connectivity index (χ4v) is 2.93. The molecule has 106 valence electrons. The zero-order valence-electron chi connectivity index (χ0n) is 12.5. The van der Waals surface area contributed by atoms with Crippen molar-refractivity contribution in [3.8, 4) is 0 Å². The molecule has 1 aliphatic carbocycles. The Balaban J connectivity index is 2.33. The van der Waals surface area contributed by atoms with Crippen LogP contribution in [0.1, 0.15) is 90.9 Å². The van der Waals surface area contributed by atoms with Crippen molar-refractivity contribution in [2.24, 2.45) is 11.8 Å². The first-order valence-corrected chi connectivity index (χ1v) is 8.22. The second-order valence-electron chi connectivity index (χ2n) is 6.40. The highest BCUT2D eigenvalue weighted by Gasteiger charge is 2.13. The van der Waals surface area contributed by atoms with Gasteiger partial charge in [-0.05, 0) is 24.7 Å². The molecule has 0 aromatic rings. The van der Waals surface area contributed by atoms with E-state index in [-0.39, 0.29) is 0 Å². The first kappa shape index (κ1) is 15.7. The molecule has 0 saturated heterocycles. The summed E-state index contributed by atoms with van der Waals surface area (Å²) in [6.07, 6.45) is 14.8. The summed E-state index contributed by atoms with van der Waals surface area (Å²) in [6, 6.07) is 0. The van der Waals surface area contributed by atoms with E-state index in [0.717, 1.165) is 37.5 Å². The summed E-state index contributed by atoms with van der Waals surface area (Å²) in [6.45, 7) is 4.70. The summed E-state index contributed by atoms with van der Waals surface area (Å²) >= 11 is 0. The van der Waals surface area contributed by atoms with Crippen LogP contribution in [0.2, 0.25) is 0 Å². The molecule has 1 heteroatoms. The van der Waals surface area contributed by atoms with Crippen molar-refractivity contribution in [3.63, 3.8) is 0 Å². The van der Waals surface area contributed by atoms with Gasteiger partial charge in [0, 0.05) is 12.8 Å². The number of Topliss-reactive ketones (excluding diaryl/α,β-unsaturated/α-hetero) is 1. The highest BCUT2D eigenvalue weighted by atomic mass is 16.1. The molecule has 2 atom stereocenters. The predicted octanol–water partition coefficient (Wildman–Crippen LogP) is 5.52. The average Bonchev–Trinajstić information content (AvgIpc) is 2.37. The van der Waals surface area contributed by atoms with Crippen molar-refractivity contribution >= 4 is 5.78 Å². The van der Waals surface area contributed by atoms with Crippen molar-refractivity contribution in [3.05, 3.63) is 0 Å². The molecule has 0 heterocycles. The molecule has 1 rings (SSSR count). The minimum Gasteiger partial charge on any atom is -0.300 e. The summed E-state index contributed by atoms with van der Waals surface area (Å²) < 4.78 is 0. The lowest BCUT2D eigenvalue weighted by molar-refractivity contribution is -0.119. The van der Waals surface area contributed by atoms with Crippen molar-refractivity contribution in [1.29, 1.82) is 0 Å². The summed E-state index contributed by atoms with van der Waals surface area (Å²) in [5.41, 5.74) is 0. The van der Waals surface area contributed by atoms with Gasteiger partial charge < -0.3 is 0 Å². The Morgan fingerprint density at radius 2 is 1.17 bits per heavy atom. The maximum absolute atomic E-state index is 11.8. The van der Waals surface area contributed by atoms with Crippen molar-refractivity contribution in [2.45, 2.75) is 90.9 Å². The van der Waals surface area contributed by atoms with Crippen LogP contribution in [0.3, 0.4) is 0 Å². The molecule has 1 saturated carbocycles. The van der Waals surface area contributed by atoms with Crippen LogP contribution >= 0.6 is 0 Å². The fraction of sp³-hybridized carbons (Fsp3) is 0.941. The zero-order valence-corrected chi connectivity index (χ0v) is 12.5. The number of hydrogen-bond donors (Lipinski definition) is 0. The number of rotatable bonds is 0. The lowest BCUT2D eigenvalue weighted by Crippen LogP contribution is -2.10. The lowest BCUT2D eigenvalue weighted by Gasteiger charge is -2.19. The smallest absolute Gasteiger partial charge is 0.132 e. The third-order valence-corrected chi connectivity index (χ3v) is 4.72. The molecule has 1 nitrogen and oxygen atoms in total. The lowest BCUT2D eigenvalue weighted by atomic mass is 9.86. The van der Waals surface area contributed by atoms with Crippen LogP contribution in [-0.4, -0.2) is 5.78 Å². The largest absolute Gasteiger partial charge is 0.300 e. The zero-order chi connectivity index (χ0) is 13.2. The van der Waals surface area contributed by atoms with Gasteiger partial charge in [-0.2, -0.15) is 0 Å². The van der Waals surface area contributed by atoms with Crippen LogP contribution in [0.4, 0.5) is 0 Å². The van der Waals surface area contributed by atoms with Crippen LogP contribution in [0, 0.1) is 11.8 Å². The van der Waals surface area contributed by atoms with E-state index in [1.807, 2.05) is 0 Å². The van der Waals surface area contributed by atoms with E-state index in [2.05, 4.69) is 13.8 Å². The Morgan fingerprint density at radius 3 is 1.83 bits per heavy atom. The molecular formula is C17H32O. The molecule has 1 fully saturated rings. The van der Waals surface area contributed by atoms with Crippen LogP contribution in [0.15, 0.2) is 0 Å². The van der Waals surface area contributed by atoms with Gasteiger partial charge in [0.1, 0.15) is 5.78 Å². The van der Waals surface area contributed by atoms with E-state index in [4.69, 9.17) is 0 Å². The Morgan fingerprint density at radius 1 is 0.667 bits per heavy atom. The minimum atomic E-state index is 0.504. The highest BCUT2D eigenvalue weighted by Crippen LogP contribution is 2.24. The average molecular weight is 252 g/mol. The Kier molecular flexibility index (Phi) is 8.37. The van der Waals surface area contributed by atoms with E-state index >= 15 is 0 Å². The topological polar surface area (TPSA) is 17.1 Å². The first-order valence-electron chi connectivity index (χ1n) is 8.22. The number of carbonyl (C=O) groups is 1. The van der Waals surface area contributed by atoms with Gasteiger partial charge in [-0.15, -0.1) is 0 Å². The molecule has 0 radical (unpaired) electrons. The van der Waals surface area contributed by atoms with Gasteiger partial charge in [0.15, 0.2) is 0 Å². The fourth-order valence-electron chi connectivity index (χ4n) is 2.93. The van der Waals surface area contributed by atoms with E-state index in [0.29, 0.717) is 5.78 Å². The van der Waals surface area contributed by atoms with Gasteiger partial charge in [0.25, 0.3) is 0 Å². The number of ketones is 1. The van der Waals surface area contributed by atoms with Gasteiger partial charge in [-0.3, -0.25) is 4.79 Å². The van der Waals surface area contributed by atoms with Crippen molar-refractivity contribution in [2.75, 3.05) is 0 Å². The van der Waals surface area contributed by atoms with Crippen LogP contribution in [0.25, 0.3) is 0 Å². The molecule has 0 aromatic heterocycles. The standard InChI is InChI=1S/C17H32O/c1-15-11-9-7-5-3-4-6-8-10-12-17(18)14-13-16(15)2/h15-16H,3-14H2,1-2H3. The van der Waals surface area contributed by atoms with Crippen molar-refractivity contribution in [1.82, 2.24) is 0 Å². The van der Waals surface area contributed by atoms with Gasteiger partial charge in [0.05, 0.1) is 0 Å². The predicted molar refractivity (Wildman–Crippen MR) is 78.7 cm³/mol. The van der Waals surface area contributed by atoms with Gasteiger partial charge in [-0.1, -0.05) is 65.2 Å². The van der Waals surface area contributed by atoms with E-state index in [1.165, 1.54) is 51.4 Å². The Bertz CT molecular complexity index is 222. The second kappa shape index (κ2) is 9.58. The highest BCUT2D eigenvalue weighted by molar-refractivity contribution is 5.78. The third kappa shape index (κ3) is 7.18. The Hall–Kier alpha value is -0.330. The second-order valence-corrected chi connectivity index (χ2v) is 6.40. The summed E-state index contributed by atoms with van der Waals surface area (Å²) in [5.74, 6) is 2.02. The van der Waals surface area contributed by atoms with Gasteiger partial charge in [-0.25, -0.2) is 0 Å². The Labute approximate surface area is 114 Å². The molecule has 1 aliphatic rings. The molecule has 18 heavy (non-hydrogen) atoms. The van der Waals surface area contributed by atoms with Crippen LogP contribution in [0.5, 0.6) is 0 Å². The summed E-state index contributed by atoms with van der Waals surface area (Å²) in [5, 5.41) is 0. The summed E-state index contributed by atoms with van der Waals surface area (Å²) in [4.78, 5) is 11.8. The monoisotopic (exact) mass is 252 g/mol. The normalized spacial score (nSPS) is 30.4. The first-order chi connectivity index (χ1) is 8.70. The van der Waals surface area contributed by atoms with Crippen LogP contribution in [-0.2, 0) is 4.79 Å². The van der Waals surface area contributed by atoms with E-state index in [9.17, 15) is 4.79 Å². The molecule has 0 aliphatic heterocycles. The SMILES string of the molecule is CC1CCCCCCCCCCC(=O)CCC1C. The molecule has 0 bridgehead atoms. The van der Waals surface area contributed by atoms with Gasteiger partial charge in [0.2, 0.25) is 0 Å². The molecule has 0 spiro atoms. The molecular weight excluding hydrogens is 220 g/mol.